The highest BCUT2D eigenvalue weighted by Crippen LogP contribution is 2.14. The van der Waals surface area contributed by atoms with Crippen LogP contribution in [0.25, 0.3) is 6.08 Å². The Bertz CT molecular complexity index is 444. The monoisotopic (exact) mass is 218 g/mol. The standard InChI is InChI=1S/C13H14O3/c1-3-12(14)11-6-4-10(8-9(11)2)5-7-13(15)16/h4-8H,3H2,1-2H3,(H,15,16)/b7-5+. The van der Waals surface area contributed by atoms with E-state index in [2.05, 4.69) is 0 Å². The molecule has 84 valence electrons. The van der Waals surface area contributed by atoms with Gasteiger partial charge in [-0.25, -0.2) is 4.79 Å². The van der Waals surface area contributed by atoms with Gasteiger partial charge in [-0.15, -0.1) is 0 Å². The number of Topliss-reactive ketones (excluding diaryl/α,β-unsaturated/α-hetero) is 1. The number of benzene rings is 1. The zero-order valence-electron chi connectivity index (χ0n) is 9.36. The van der Waals surface area contributed by atoms with Gasteiger partial charge >= 0.3 is 5.97 Å². The molecule has 0 heterocycles. The molecule has 1 aromatic carbocycles. The molecule has 0 aromatic heterocycles. The van der Waals surface area contributed by atoms with Crippen LogP contribution in [-0.2, 0) is 4.79 Å². The minimum atomic E-state index is -0.980. The van der Waals surface area contributed by atoms with Crippen LogP contribution in [0.2, 0.25) is 0 Å². The number of carboxylic acids is 1. The lowest BCUT2D eigenvalue weighted by Gasteiger charge is -2.04. The summed E-state index contributed by atoms with van der Waals surface area (Å²) in [5.41, 5.74) is 2.36. The average molecular weight is 218 g/mol. The van der Waals surface area contributed by atoms with Gasteiger partial charge in [0.25, 0.3) is 0 Å². The first-order valence-electron chi connectivity index (χ1n) is 5.09. The van der Waals surface area contributed by atoms with Crippen molar-refractivity contribution in [2.75, 3.05) is 0 Å². The maximum absolute atomic E-state index is 11.5. The summed E-state index contributed by atoms with van der Waals surface area (Å²) in [6, 6.07) is 5.29. The molecule has 3 nitrogen and oxygen atoms in total. The molecule has 0 aliphatic rings. The van der Waals surface area contributed by atoms with Crippen LogP contribution in [0, 0.1) is 6.92 Å². The van der Waals surface area contributed by atoms with Crippen LogP contribution in [0.15, 0.2) is 24.3 Å². The minimum Gasteiger partial charge on any atom is -0.478 e. The number of aliphatic carboxylic acids is 1. The van der Waals surface area contributed by atoms with E-state index in [-0.39, 0.29) is 5.78 Å². The van der Waals surface area contributed by atoms with Gasteiger partial charge in [0.2, 0.25) is 0 Å². The van der Waals surface area contributed by atoms with Crippen LogP contribution in [0.5, 0.6) is 0 Å². The van der Waals surface area contributed by atoms with Gasteiger partial charge in [0.05, 0.1) is 0 Å². The van der Waals surface area contributed by atoms with E-state index >= 15 is 0 Å². The Kier molecular flexibility index (Phi) is 4.00. The van der Waals surface area contributed by atoms with E-state index in [1.165, 1.54) is 6.08 Å². The molecule has 3 heteroatoms. The van der Waals surface area contributed by atoms with Crippen LogP contribution in [0.4, 0.5) is 0 Å². The van der Waals surface area contributed by atoms with Crippen LogP contribution in [-0.4, -0.2) is 16.9 Å². The highest BCUT2D eigenvalue weighted by molar-refractivity contribution is 5.97. The van der Waals surface area contributed by atoms with Crippen LogP contribution in [0.1, 0.15) is 34.8 Å². The minimum absolute atomic E-state index is 0.103. The molecule has 0 saturated carbocycles. The number of hydrogen-bond donors (Lipinski definition) is 1. The smallest absolute Gasteiger partial charge is 0.328 e. The largest absolute Gasteiger partial charge is 0.478 e. The van der Waals surface area contributed by atoms with Gasteiger partial charge in [-0.3, -0.25) is 4.79 Å². The van der Waals surface area contributed by atoms with Crippen molar-refractivity contribution in [1.29, 1.82) is 0 Å². The second kappa shape index (κ2) is 5.26. The Balaban J connectivity index is 2.99. The number of ketones is 1. The summed E-state index contributed by atoms with van der Waals surface area (Å²) in [5.74, 6) is -0.877. The topological polar surface area (TPSA) is 54.4 Å². The van der Waals surface area contributed by atoms with Crippen molar-refractivity contribution in [3.63, 3.8) is 0 Å². The van der Waals surface area contributed by atoms with Crippen LogP contribution in [0.3, 0.4) is 0 Å². The molecule has 0 radical (unpaired) electrons. The van der Waals surface area contributed by atoms with Gasteiger partial charge in [-0.2, -0.15) is 0 Å². The first kappa shape index (κ1) is 12.2. The maximum Gasteiger partial charge on any atom is 0.328 e. The summed E-state index contributed by atoms with van der Waals surface area (Å²) in [6.45, 7) is 3.67. The van der Waals surface area contributed by atoms with Gasteiger partial charge < -0.3 is 5.11 Å². The lowest BCUT2D eigenvalue weighted by molar-refractivity contribution is -0.131. The first-order chi connectivity index (χ1) is 7.54. The fraction of sp³-hybridized carbons (Fsp3) is 0.231. The highest BCUT2D eigenvalue weighted by Gasteiger charge is 2.06. The molecule has 0 bridgehead atoms. The maximum atomic E-state index is 11.5. The Morgan fingerprint density at radius 3 is 2.56 bits per heavy atom. The van der Waals surface area contributed by atoms with Gasteiger partial charge in [0.15, 0.2) is 5.78 Å². The number of hydrogen-bond acceptors (Lipinski definition) is 2. The Labute approximate surface area is 94.4 Å². The second-order valence-corrected chi connectivity index (χ2v) is 3.52. The summed E-state index contributed by atoms with van der Waals surface area (Å²) in [7, 11) is 0. The molecule has 0 aliphatic heterocycles. The quantitative estimate of drug-likeness (QED) is 0.624. The summed E-state index contributed by atoms with van der Waals surface area (Å²) in [6.07, 6.45) is 3.07. The normalized spacial score (nSPS) is 10.6. The highest BCUT2D eigenvalue weighted by atomic mass is 16.4. The van der Waals surface area contributed by atoms with E-state index in [9.17, 15) is 9.59 Å². The molecular formula is C13H14O3. The molecule has 0 amide bonds. The molecule has 16 heavy (non-hydrogen) atoms. The third kappa shape index (κ3) is 3.05. The van der Waals surface area contributed by atoms with Crippen molar-refractivity contribution < 1.29 is 14.7 Å². The molecule has 0 unspecified atom stereocenters. The van der Waals surface area contributed by atoms with Crippen molar-refractivity contribution >= 4 is 17.8 Å². The number of aryl methyl sites for hydroxylation is 1. The molecule has 0 fully saturated rings. The third-order valence-corrected chi connectivity index (χ3v) is 2.29. The molecule has 0 atom stereocenters. The van der Waals surface area contributed by atoms with Gasteiger partial charge in [-0.05, 0) is 24.1 Å². The van der Waals surface area contributed by atoms with Crippen molar-refractivity contribution in [2.45, 2.75) is 20.3 Å². The zero-order valence-corrected chi connectivity index (χ0v) is 9.36. The van der Waals surface area contributed by atoms with Crippen LogP contribution >= 0.6 is 0 Å². The Morgan fingerprint density at radius 1 is 1.38 bits per heavy atom. The molecule has 1 N–H and O–H groups in total. The summed E-state index contributed by atoms with van der Waals surface area (Å²) in [5, 5.41) is 8.48. The van der Waals surface area contributed by atoms with Gasteiger partial charge in [0.1, 0.15) is 0 Å². The van der Waals surface area contributed by atoms with E-state index in [1.807, 2.05) is 19.9 Å². The SMILES string of the molecule is CCC(=O)c1ccc(/C=C/C(=O)O)cc1C. The van der Waals surface area contributed by atoms with Crippen molar-refractivity contribution in [3.8, 4) is 0 Å². The predicted octanol–water partition coefficient (Wildman–Crippen LogP) is 2.69. The lowest BCUT2D eigenvalue weighted by atomic mass is 10.0. The number of carbonyl (C=O) groups excluding carboxylic acids is 1. The molecule has 1 rings (SSSR count). The molecule has 1 aromatic rings. The predicted molar refractivity (Wildman–Crippen MR) is 62.5 cm³/mol. The summed E-state index contributed by atoms with van der Waals surface area (Å²) in [4.78, 5) is 21.8. The van der Waals surface area contributed by atoms with Crippen molar-refractivity contribution in [1.82, 2.24) is 0 Å². The van der Waals surface area contributed by atoms with Crippen molar-refractivity contribution in [2.24, 2.45) is 0 Å². The van der Waals surface area contributed by atoms with E-state index in [4.69, 9.17) is 5.11 Å². The van der Waals surface area contributed by atoms with E-state index < -0.39 is 5.97 Å². The fourth-order valence-electron chi connectivity index (χ4n) is 1.46. The van der Waals surface area contributed by atoms with Crippen molar-refractivity contribution in [3.05, 3.63) is 41.0 Å². The molecule has 0 spiro atoms. The Hall–Kier alpha value is -1.90. The first-order valence-corrected chi connectivity index (χ1v) is 5.09. The van der Waals surface area contributed by atoms with E-state index in [1.54, 1.807) is 12.1 Å². The van der Waals surface area contributed by atoms with E-state index in [0.29, 0.717) is 12.0 Å². The van der Waals surface area contributed by atoms with E-state index in [0.717, 1.165) is 17.2 Å². The Morgan fingerprint density at radius 2 is 2.06 bits per heavy atom. The summed E-state index contributed by atoms with van der Waals surface area (Å²) < 4.78 is 0. The fourth-order valence-corrected chi connectivity index (χ4v) is 1.46. The number of rotatable bonds is 4. The molecule has 0 aliphatic carbocycles. The zero-order chi connectivity index (χ0) is 12.1. The van der Waals surface area contributed by atoms with Gasteiger partial charge in [0, 0.05) is 18.1 Å². The third-order valence-electron chi connectivity index (χ3n) is 2.29. The number of carboxylic acid groups (broad SMARTS) is 1. The summed E-state index contributed by atoms with van der Waals surface area (Å²) >= 11 is 0. The molecular weight excluding hydrogens is 204 g/mol. The second-order valence-electron chi connectivity index (χ2n) is 3.52. The van der Waals surface area contributed by atoms with Gasteiger partial charge in [-0.1, -0.05) is 25.1 Å². The average Bonchev–Trinajstić information content (AvgIpc) is 2.25. The lowest BCUT2D eigenvalue weighted by Crippen LogP contribution is -1.99. The van der Waals surface area contributed by atoms with Crippen LogP contribution < -0.4 is 0 Å². The molecule has 0 saturated heterocycles. The number of carbonyl (C=O) groups is 2.